The number of rotatable bonds is 2. The number of hydrogen-bond acceptors (Lipinski definition) is 8. The van der Waals surface area contributed by atoms with E-state index in [1.807, 2.05) is 13.8 Å². The quantitative estimate of drug-likeness (QED) is 0.544. The summed E-state index contributed by atoms with van der Waals surface area (Å²) in [4.78, 5) is 22.1. The van der Waals surface area contributed by atoms with Crippen LogP contribution in [-0.4, -0.2) is 68.9 Å². The molecule has 0 radical (unpaired) electrons. The predicted octanol–water partition coefficient (Wildman–Crippen LogP) is 3.17. The molecule has 0 atom stereocenters. The highest BCUT2D eigenvalue weighted by Crippen LogP contribution is 2.36. The second-order valence-corrected chi connectivity index (χ2v) is 9.00. The van der Waals surface area contributed by atoms with Gasteiger partial charge in [-0.3, -0.25) is 10.1 Å². The molecule has 2 rings (SSSR count). The van der Waals surface area contributed by atoms with Crippen LogP contribution >= 0.6 is 0 Å². The first-order chi connectivity index (χ1) is 14.5. The largest absolute Gasteiger partial charge is 0.489 e. The molecule has 10 heteroatoms. The van der Waals surface area contributed by atoms with Gasteiger partial charge in [0.1, 0.15) is 12.2 Å². The zero-order chi connectivity index (χ0) is 23.1. The summed E-state index contributed by atoms with van der Waals surface area (Å²) in [5, 5.41) is 20.7. The molecule has 1 aromatic carbocycles. The molecule has 0 saturated heterocycles. The molecule has 1 aromatic rings. The number of ether oxygens (including phenoxy) is 5. The van der Waals surface area contributed by atoms with Crippen LogP contribution < -0.4 is 9.47 Å². The van der Waals surface area contributed by atoms with Gasteiger partial charge >= 0.3 is 5.97 Å². The molecule has 1 aliphatic rings. The number of carboxylic acid groups (broad SMARTS) is 1. The van der Waals surface area contributed by atoms with Crippen molar-refractivity contribution in [2.24, 2.45) is 10.8 Å². The Morgan fingerprint density at radius 2 is 1.42 bits per heavy atom. The zero-order valence-corrected chi connectivity index (χ0v) is 18.5. The summed E-state index contributed by atoms with van der Waals surface area (Å²) in [7, 11) is 0. The fourth-order valence-corrected chi connectivity index (χ4v) is 2.84. The molecular weight excluding hydrogens is 410 g/mol. The fourth-order valence-electron chi connectivity index (χ4n) is 2.84. The van der Waals surface area contributed by atoms with Gasteiger partial charge in [-0.15, -0.1) is 0 Å². The minimum Gasteiger partial charge on any atom is -0.489 e. The fraction of sp³-hybridized carbons (Fsp3) is 0.667. The van der Waals surface area contributed by atoms with Crippen molar-refractivity contribution in [2.75, 3.05) is 52.9 Å². The number of nitro benzene ring substituents is 1. The number of carbonyl (C=O) groups is 1. The third-order valence-corrected chi connectivity index (χ3v) is 4.44. The Hall–Kier alpha value is -2.43. The first-order valence-corrected chi connectivity index (χ1v) is 10.1. The van der Waals surface area contributed by atoms with E-state index in [-0.39, 0.29) is 36.7 Å². The summed E-state index contributed by atoms with van der Waals surface area (Å²) in [6.07, 6.45) is 0. The highest BCUT2D eigenvalue weighted by molar-refractivity contribution is 5.93. The van der Waals surface area contributed by atoms with Gasteiger partial charge in [0.05, 0.1) is 57.2 Å². The lowest BCUT2D eigenvalue weighted by Crippen LogP contribution is -2.32. The van der Waals surface area contributed by atoms with Crippen molar-refractivity contribution in [1.29, 1.82) is 0 Å². The summed E-state index contributed by atoms with van der Waals surface area (Å²) in [5.41, 5.74) is -1.62. The minimum absolute atomic E-state index is 0.0821. The molecule has 0 spiro atoms. The molecule has 0 saturated carbocycles. The maximum atomic E-state index is 11.5. The average Bonchev–Trinajstić information content (AvgIpc) is 2.67. The molecule has 0 aromatic heterocycles. The lowest BCUT2D eigenvalue weighted by molar-refractivity contribution is -0.385. The molecule has 0 fully saturated rings. The van der Waals surface area contributed by atoms with Gasteiger partial charge in [0, 0.05) is 16.9 Å². The van der Waals surface area contributed by atoms with Crippen molar-refractivity contribution in [1.82, 2.24) is 0 Å². The average molecular weight is 441 g/mol. The number of hydrogen-bond donors (Lipinski definition) is 1. The molecule has 0 amide bonds. The van der Waals surface area contributed by atoms with E-state index in [1.165, 1.54) is 0 Å². The van der Waals surface area contributed by atoms with Crippen molar-refractivity contribution >= 4 is 11.7 Å². The second kappa shape index (κ2) is 10.7. The molecule has 1 N–H and O–H groups in total. The smallest absolute Gasteiger partial charge is 0.342 e. The van der Waals surface area contributed by atoms with E-state index in [4.69, 9.17) is 23.7 Å². The first-order valence-electron chi connectivity index (χ1n) is 10.1. The van der Waals surface area contributed by atoms with Crippen molar-refractivity contribution in [3.8, 4) is 11.5 Å². The topological polar surface area (TPSA) is 127 Å². The lowest BCUT2D eigenvalue weighted by Gasteiger charge is -2.29. The third-order valence-electron chi connectivity index (χ3n) is 4.44. The van der Waals surface area contributed by atoms with E-state index in [1.54, 1.807) is 0 Å². The van der Waals surface area contributed by atoms with E-state index in [2.05, 4.69) is 13.8 Å². The number of carboxylic acids is 1. The molecule has 1 aliphatic heterocycles. The van der Waals surface area contributed by atoms with Gasteiger partial charge in [0.2, 0.25) is 0 Å². The number of nitrogens with zero attached hydrogens (tertiary/aromatic N) is 1. The van der Waals surface area contributed by atoms with Gasteiger partial charge in [0.15, 0.2) is 11.5 Å². The normalized spacial score (nSPS) is 20.4. The van der Waals surface area contributed by atoms with E-state index in [9.17, 15) is 20.0 Å². The third kappa shape index (κ3) is 7.97. The Kier molecular flexibility index (Phi) is 8.60. The van der Waals surface area contributed by atoms with Crippen LogP contribution in [0.15, 0.2) is 12.1 Å². The Morgan fingerprint density at radius 3 is 2.06 bits per heavy atom. The molecular formula is C21H31NO9. The highest BCUT2D eigenvalue weighted by Gasteiger charge is 2.27. The van der Waals surface area contributed by atoms with Crippen molar-refractivity contribution in [3.63, 3.8) is 0 Å². The van der Waals surface area contributed by atoms with Crippen LogP contribution in [0.3, 0.4) is 0 Å². The lowest BCUT2D eigenvalue weighted by atomic mass is 9.94. The van der Waals surface area contributed by atoms with Gasteiger partial charge in [-0.1, -0.05) is 27.7 Å². The van der Waals surface area contributed by atoms with Crippen LogP contribution in [0, 0.1) is 20.9 Å². The molecule has 10 nitrogen and oxygen atoms in total. The van der Waals surface area contributed by atoms with Gasteiger partial charge in [-0.05, 0) is 0 Å². The van der Waals surface area contributed by atoms with E-state index >= 15 is 0 Å². The van der Waals surface area contributed by atoms with E-state index in [0.717, 1.165) is 12.1 Å². The summed E-state index contributed by atoms with van der Waals surface area (Å²) < 4.78 is 28.5. The van der Waals surface area contributed by atoms with Crippen LogP contribution in [0.4, 0.5) is 5.69 Å². The van der Waals surface area contributed by atoms with Crippen LogP contribution in [0.1, 0.15) is 38.1 Å². The number of benzene rings is 1. The van der Waals surface area contributed by atoms with Crippen molar-refractivity contribution in [2.45, 2.75) is 27.7 Å². The van der Waals surface area contributed by atoms with Crippen LogP contribution in [0.5, 0.6) is 11.5 Å². The van der Waals surface area contributed by atoms with Gasteiger partial charge in [-0.25, -0.2) is 4.79 Å². The van der Waals surface area contributed by atoms with Crippen LogP contribution in [-0.2, 0) is 14.2 Å². The first kappa shape index (κ1) is 24.8. The molecule has 31 heavy (non-hydrogen) atoms. The van der Waals surface area contributed by atoms with Crippen LogP contribution in [0.25, 0.3) is 0 Å². The molecule has 0 bridgehead atoms. The van der Waals surface area contributed by atoms with E-state index in [0.29, 0.717) is 33.0 Å². The zero-order valence-electron chi connectivity index (χ0n) is 18.5. The summed E-state index contributed by atoms with van der Waals surface area (Å²) in [6, 6.07) is 2.20. The maximum Gasteiger partial charge on any atom is 0.342 e. The minimum atomic E-state index is -1.42. The number of fused-ring (bicyclic) bond motifs is 1. The molecule has 0 unspecified atom stereocenters. The SMILES string of the molecule is CC1(C)COCCOCCOc2cc([N+](=O)[O-])c(C(=O)O)cc2OCC(C)(C)COC1. The summed E-state index contributed by atoms with van der Waals surface area (Å²) >= 11 is 0. The highest BCUT2D eigenvalue weighted by atomic mass is 16.6. The molecule has 174 valence electrons. The van der Waals surface area contributed by atoms with Crippen molar-refractivity contribution < 1.29 is 38.5 Å². The van der Waals surface area contributed by atoms with Crippen molar-refractivity contribution in [3.05, 3.63) is 27.8 Å². The Morgan fingerprint density at radius 1 is 0.871 bits per heavy atom. The predicted molar refractivity (Wildman–Crippen MR) is 111 cm³/mol. The van der Waals surface area contributed by atoms with Crippen LogP contribution in [0.2, 0.25) is 0 Å². The van der Waals surface area contributed by atoms with Gasteiger partial charge in [-0.2, -0.15) is 0 Å². The number of aromatic carboxylic acids is 1. The standard InChI is InChI=1S/C21H31NO9/c1-20(2)11-28-6-5-27-7-8-30-18-10-16(22(25)26)15(19(23)24)9-17(18)31-14-21(3,4)13-29-12-20/h9-10H,5-8,11-14H2,1-4H3,(H,23,24). The monoisotopic (exact) mass is 441 g/mol. The maximum absolute atomic E-state index is 11.5. The summed E-state index contributed by atoms with van der Waals surface area (Å²) in [6.45, 7) is 10.7. The molecule has 0 aliphatic carbocycles. The van der Waals surface area contributed by atoms with Gasteiger partial charge < -0.3 is 28.8 Å². The Labute approximate surface area is 181 Å². The Balaban J connectivity index is 2.27. The molecule has 1 heterocycles. The van der Waals surface area contributed by atoms with Gasteiger partial charge in [0.25, 0.3) is 5.69 Å². The Bertz CT molecular complexity index is 776. The summed E-state index contributed by atoms with van der Waals surface area (Å²) in [5.74, 6) is -1.22. The van der Waals surface area contributed by atoms with E-state index < -0.39 is 27.6 Å². The number of nitro groups is 1. The second-order valence-electron chi connectivity index (χ2n) is 9.00.